The molecule has 5 N–H and O–H groups in total. The van der Waals surface area contributed by atoms with Gasteiger partial charge in [0.15, 0.2) is 0 Å². The molecule has 2 saturated heterocycles. The van der Waals surface area contributed by atoms with Crippen molar-refractivity contribution in [2.75, 3.05) is 18.8 Å². The molecule has 132 valence electrons. The van der Waals surface area contributed by atoms with Crippen LogP contribution in [-0.4, -0.2) is 48.1 Å². The van der Waals surface area contributed by atoms with Crippen LogP contribution in [0.15, 0.2) is 0 Å². The van der Waals surface area contributed by atoms with Crippen LogP contribution in [0.2, 0.25) is 0 Å². The lowest BCUT2D eigenvalue weighted by Gasteiger charge is -2.16. The van der Waals surface area contributed by atoms with Crippen molar-refractivity contribution in [1.29, 1.82) is 0 Å². The lowest BCUT2D eigenvalue weighted by atomic mass is 10.0. The number of unbranched alkanes of at least 4 members (excludes halogenated alkanes) is 4. The lowest BCUT2D eigenvalue weighted by molar-refractivity contribution is -0.121. The molecule has 23 heavy (non-hydrogen) atoms. The first kappa shape index (κ1) is 18.4. The van der Waals surface area contributed by atoms with Gasteiger partial charge in [0.05, 0.1) is 12.1 Å². The van der Waals surface area contributed by atoms with Crippen molar-refractivity contribution >= 4 is 23.7 Å². The van der Waals surface area contributed by atoms with Gasteiger partial charge in [-0.2, -0.15) is 11.8 Å². The highest BCUT2D eigenvalue weighted by Crippen LogP contribution is 2.33. The molecule has 2 aliphatic heterocycles. The maximum atomic E-state index is 11.8. The summed E-state index contributed by atoms with van der Waals surface area (Å²) >= 11 is 1.93. The van der Waals surface area contributed by atoms with E-state index < -0.39 is 0 Å². The first-order valence-corrected chi connectivity index (χ1v) is 9.91. The van der Waals surface area contributed by atoms with Crippen LogP contribution < -0.4 is 21.7 Å². The minimum atomic E-state index is -0.0314. The fourth-order valence-electron chi connectivity index (χ4n) is 3.21. The third kappa shape index (κ3) is 6.22. The summed E-state index contributed by atoms with van der Waals surface area (Å²) in [7, 11) is 0. The van der Waals surface area contributed by atoms with Crippen molar-refractivity contribution in [1.82, 2.24) is 16.0 Å². The Balaban J connectivity index is 1.46. The molecule has 0 aromatic rings. The Morgan fingerprint density at radius 1 is 1.17 bits per heavy atom. The van der Waals surface area contributed by atoms with Gasteiger partial charge in [0.2, 0.25) is 5.91 Å². The average Bonchev–Trinajstić information content (AvgIpc) is 3.07. The number of carbonyl (C=O) groups is 2. The zero-order chi connectivity index (χ0) is 16.5. The number of nitrogens with two attached hydrogens (primary N) is 1. The van der Waals surface area contributed by atoms with Gasteiger partial charge in [-0.1, -0.05) is 19.3 Å². The molecule has 6 nitrogen and oxygen atoms in total. The van der Waals surface area contributed by atoms with E-state index in [1.807, 2.05) is 11.8 Å². The SMILES string of the molecule is NCCCCCCNC(=O)CCCC[C@@H]1SC[C@H]2NC(=O)N[C@@H]12. The predicted molar refractivity (Wildman–Crippen MR) is 94.5 cm³/mol. The Hall–Kier alpha value is -0.950. The molecule has 7 heteroatoms. The standard InChI is InChI=1S/C16H30N4O2S/c17-9-5-1-2-6-10-18-14(21)8-4-3-7-13-15-12(11-23-13)19-16(22)20-15/h12-13,15H,1-11,17H2,(H,18,21)(H2,19,20,22)/t12-,13+,15-/m1/s1. The molecule has 0 unspecified atom stereocenters. The number of carbonyl (C=O) groups excluding carboxylic acids is 2. The zero-order valence-electron chi connectivity index (χ0n) is 13.8. The normalized spacial score (nSPS) is 25.8. The van der Waals surface area contributed by atoms with Crippen LogP contribution in [0, 0.1) is 0 Å². The summed E-state index contributed by atoms with van der Waals surface area (Å²) in [6, 6.07) is 0.533. The van der Waals surface area contributed by atoms with Gasteiger partial charge in [0.1, 0.15) is 0 Å². The molecule has 0 aliphatic carbocycles. The van der Waals surface area contributed by atoms with Crippen LogP contribution in [0.3, 0.4) is 0 Å². The van der Waals surface area contributed by atoms with Crippen LogP contribution in [0.5, 0.6) is 0 Å². The van der Waals surface area contributed by atoms with Crippen molar-refractivity contribution in [2.45, 2.75) is 68.7 Å². The summed E-state index contributed by atoms with van der Waals surface area (Å²) in [6.45, 7) is 1.54. The molecule has 0 aromatic carbocycles. The zero-order valence-corrected chi connectivity index (χ0v) is 14.6. The van der Waals surface area contributed by atoms with Crippen molar-refractivity contribution < 1.29 is 9.59 Å². The van der Waals surface area contributed by atoms with E-state index in [0.717, 1.165) is 63.8 Å². The molecule has 2 heterocycles. The second kappa shape index (κ2) is 10.0. The van der Waals surface area contributed by atoms with Crippen molar-refractivity contribution in [3.05, 3.63) is 0 Å². The summed E-state index contributed by atoms with van der Waals surface area (Å²) in [5, 5.41) is 9.44. The summed E-state index contributed by atoms with van der Waals surface area (Å²) in [4.78, 5) is 23.1. The number of thioether (sulfide) groups is 1. The van der Waals surface area contributed by atoms with Gasteiger partial charge in [0, 0.05) is 24.0 Å². The highest BCUT2D eigenvalue weighted by Gasteiger charge is 2.42. The lowest BCUT2D eigenvalue weighted by Crippen LogP contribution is -2.36. The minimum Gasteiger partial charge on any atom is -0.356 e. The van der Waals surface area contributed by atoms with Gasteiger partial charge in [-0.25, -0.2) is 4.79 Å². The summed E-state index contributed by atoms with van der Waals surface area (Å²) in [6.07, 6.45) is 8.05. The van der Waals surface area contributed by atoms with Crippen LogP contribution in [-0.2, 0) is 4.79 Å². The first-order chi connectivity index (χ1) is 11.2. The fraction of sp³-hybridized carbons (Fsp3) is 0.875. The van der Waals surface area contributed by atoms with Crippen LogP contribution in [0.25, 0.3) is 0 Å². The molecule has 2 rings (SSSR count). The monoisotopic (exact) mass is 342 g/mol. The smallest absolute Gasteiger partial charge is 0.315 e. The number of hydrogen-bond acceptors (Lipinski definition) is 4. The van der Waals surface area contributed by atoms with E-state index in [2.05, 4.69) is 16.0 Å². The molecule has 0 spiro atoms. The molecule has 0 radical (unpaired) electrons. The molecule has 0 aromatic heterocycles. The average molecular weight is 343 g/mol. The Morgan fingerprint density at radius 3 is 2.83 bits per heavy atom. The van der Waals surface area contributed by atoms with Gasteiger partial charge in [-0.3, -0.25) is 4.79 Å². The van der Waals surface area contributed by atoms with Crippen molar-refractivity contribution in [3.63, 3.8) is 0 Å². The van der Waals surface area contributed by atoms with Gasteiger partial charge >= 0.3 is 6.03 Å². The maximum absolute atomic E-state index is 11.8. The van der Waals surface area contributed by atoms with Gasteiger partial charge in [-0.05, 0) is 32.2 Å². The van der Waals surface area contributed by atoms with Crippen molar-refractivity contribution in [3.8, 4) is 0 Å². The summed E-state index contributed by atoms with van der Waals surface area (Å²) < 4.78 is 0. The Morgan fingerprint density at radius 2 is 2.00 bits per heavy atom. The number of fused-ring (bicyclic) bond motifs is 1. The molecule has 0 saturated carbocycles. The van der Waals surface area contributed by atoms with E-state index in [-0.39, 0.29) is 18.0 Å². The second-order valence-electron chi connectivity index (χ2n) is 6.42. The molecule has 3 amide bonds. The maximum Gasteiger partial charge on any atom is 0.315 e. The molecule has 2 aliphatic rings. The third-order valence-electron chi connectivity index (χ3n) is 4.53. The van der Waals surface area contributed by atoms with E-state index >= 15 is 0 Å². The van der Waals surface area contributed by atoms with Crippen LogP contribution in [0.4, 0.5) is 4.79 Å². The van der Waals surface area contributed by atoms with E-state index in [1.165, 1.54) is 0 Å². The van der Waals surface area contributed by atoms with E-state index in [4.69, 9.17) is 5.73 Å². The minimum absolute atomic E-state index is 0.0314. The van der Waals surface area contributed by atoms with Crippen LogP contribution >= 0.6 is 11.8 Å². The molecule has 2 fully saturated rings. The highest BCUT2D eigenvalue weighted by atomic mass is 32.2. The summed E-state index contributed by atoms with van der Waals surface area (Å²) in [5.41, 5.74) is 5.44. The van der Waals surface area contributed by atoms with E-state index in [0.29, 0.717) is 17.7 Å². The number of hydrogen-bond donors (Lipinski definition) is 4. The Kier molecular flexibility index (Phi) is 8.02. The molecule has 0 bridgehead atoms. The number of nitrogens with one attached hydrogen (secondary N) is 3. The molecule has 3 atom stereocenters. The van der Waals surface area contributed by atoms with Gasteiger partial charge in [0.25, 0.3) is 0 Å². The quantitative estimate of drug-likeness (QED) is 0.337. The largest absolute Gasteiger partial charge is 0.356 e. The van der Waals surface area contributed by atoms with E-state index in [9.17, 15) is 9.59 Å². The van der Waals surface area contributed by atoms with Gasteiger partial charge < -0.3 is 21.7 Å². The Labute approximate surface area is 143 Å². The number of amides is 3. The second-order valence-corrected chi connectivity index (χ2v) is 7.69. The van der Waals surface area contributed by atoms with Crippen LogP contribution in [0.1, 0.15) is 51.4 Å². The van der Waals surface area contributed by atoms with Gasteiger partial charge in [-0.15, -0.1) is 0 Å². The topological polar surface area (TPSA) is 96.2 Å². The molecular formula is C16H30N4O2S. The Bertz CT molecular complexity index is 394. The highest BCUT2D eigenvalue weighted by molar-refractivity contribution is 8.00. The summed E-state index contributed by atoms with van der Waals surface area (Å²) in [5.74, 6) is 1.16. The predicted octanol–water partition coefficient (Wildman–Crippen LogP) is 1.35. The van der Waals surface area contributed by atoms with Crippen molar-refractivity contribution in [2.24, 2.45) is 5.73 Å². The third-order valence-corrected chi connectivity index (χ3v) is 6.04. The fourth-order valence-corrected chi connectivity index (χ4v) is 4.76. The first-order valence-electron chi connectivity index (χ1n) is 8.86. The number of urea groups is 1. The van der Waals surface area contributed by atoms with E-state index in [1.54, 1.807) is 0 Å². The molecular weight excluding hydrogens is 312 g/mol. The number of rotatable bonds is 11.